The second-order valence-electron chi connectivity index (χ2n) is 8.68. The Morgan fingerprint density at radius 1 is 1.30 bits per heavy atom. The van der Waals surface area contributed by atoms with Crippen molar-refractivity contribution >= 4 is 29.5 Å². The van der Waals surface area contributed by atoms with Crippen LogP contribution in [0.4, 0.5) is 0 Å². The van der Waals surface area contributed by atoms with E-state index in [2.05, 4.69) is 8.62 Å². The molecule has 1 aliphatic rings. The fourth-order valence-corrected chi connectivity index (χ4v) is 17.7. The quantitative estimate of drug-likeness (QED) is 0.719. The van der Waals surface area contributed by atoms with E-state index in [0.717, 1.165) is 11.1 Å². The van der Waals surface area contributed by atoms with E-state index in [1.807, 2.05) is 57.2 Å². The van der Waals surface area contributed by atoms with E-state index < -0.39 is 20.6 Å². The van der Waals surface area contributed by atoms with E-state index in [1.54, 1.807) is 5.23 Å². The second-order valence-corrected chi connectivity index (χ2v) is 33.0. The molecule has 0 aliphatic heterocycles. The van der Waals surface area contributed by atoms with Gasteiger partial charge in [0.1, 0.15) is 0 Å². The van der Waals surface area contributed by atoms with Crippen molar-refractivity contribution < 1.29 is 19.2 Å². The predicted molar refractivity (Wildman–Crippen MR) is 98.8 cm³/mol. The fourth-order valence-electron chi connectivity index (χ4n) is 4.00. The molecule has 0 radical (unpaired) electrons. The summed E-state index contributed by atoms with van der Waals surface area (Å²) in [4.78, 5) is 4.38. The van der Waals surface area contributed by atoms with E-state index in [9.17, 15) is 5.11 Å². The van der Waals surface area contributed by atoms with Gasteiger partial charge in [0.2, 0.25) is 0 Å². The SMILES string of the molecule is [CH2]=[Ti]([CH3])([Cl])([Cl])([NH]C(C)(C)C)([O]CCO)[CH]1C=Cc2ccccc21. The molecule has 0 aromatic heterocycles. The number of nitrogens with one attached hydrogen (secondary N) is 1. The number of benzene rings is 1. The number of allylic oxidation sites excluding steroid dienone is 1. The maximum absolute atomic E-state index is 9.32. The third kappa shape index (κ3) is 3.67. The van der Waals surface area contributed by atoms with Crippen molar-refractivity contribution in [3.63, 3.8) is 0 Å². The van der Waals surface area contributed by atoms with E-state index in [1.165, 1.54) is 0 Å². The Morgan fingerprint density at radius 2 is 1.91 bits per heavy atom. The van der Waals surface area contributed by atoms with Crippen molar-refractivity contribution in [2.75, 3.05) is 13.2 Å². The Morgan fingerprint density at radius 3 is 2.48 bits per heavy atom. The molecule has 0 heterocycles. The Bertz CT molecular complexity index is 785. The Hall–Kier alpha value is 0.00429. The predicted octanol–water partition coefficient (Wildman–Crippen LogP) is 4.53. The normalized spacial score (nSPS) is 22.7. The maximum atomic E-state index is 9.32. The zero-order valence-corrected chi connectivity index (χ0v) is 17.3. The first-order valence-corrected chi connectivity index (χ1v) is 17.2. The molecule has 0 amide bonds. The van der Waals surface area contributed by atoms with Gasteiger partial charge in [-0.25, -0.2) is 0 Å². The van der Waals surface area contributed by atoms with Gasteiger partial charge in [-0.3, -0.25) is 0 Å². The molecule has 3 nitrogen and oxygen atoms in total. The van der Waals surface area contributed by atoms with Gasteiger partial charge in [-0.05, 0) is 0 Å². The van der Waals surface area contributed by atoms with E-state index in [-0.39, 0.29) is 13.2 Å². The molecule has 130 valence electrons. The molecular weight excluding hydrogens is 369 g/mol. The number of fused-ring (bicyclic) bond motifs is 1. The van der Waals surface area contributed by atoms with Crippen LogP contribution in [-0.2, 0) is 14.1 Å². The Labute approximate surface area is 142 Å². The van der Waals surface area contributed by atoms with Gasteiger partial charge in [-0.2, -0.15) is 0 Å². The van der Waals surface area contributed by atoms with Crippen LogP contribution in [0.2, 0.25) is 5.23 Å². The van der Waals surface area contributed by atoms with Crippen LogP contribution in [0.25, 0.3) is 6.08 Å². The average Bonchev–Trinajstić information content (AvgIpc) is 2.79. The molecule has 1 atom stereocenters. The van der Waals surface area contributed by atoms with Crippen LogP contribution in [-0.4, -0.2) is 28.7 Å². The van der Waals surface area contributed by atoms with Gasteiger partial charge in [-0.15, -0.1) is 0 Å². The van der Waals surface area contributed by atoms with Crippen LogP contribution in [0.15, 0.2) is 30.3 Å². The third-order valence-corrected chi connectivity index (χ3v) is 16.5. The molecule has 0 saturated carbocycles. The fraction of sp³-hybridized carbons (Fsp3) is 0.471. The summed E-state index contributed by atoms with van der Waals surface area (Å²) < 4.78 is 9.12. The summed E-state index contributed by atoms with van der Waals surface area (Å²) in [6.07, 6.45) is 3.96. The zero-order valence-electron chi connectivity index (χ0n) is 14.3. The molecular formula is C17H27Cl2NO2Ti. The van der Waals surface area contributed by atoms with Crippen molar-refractivity contribution in [3.8, 4) is 0 Å². The molecule has 1 aliphatic carbocycles. The van der Waals surface area contributed by atoms with E-state index in [0.29, 0.717) is 0 Å². The number of hydrogen-bond donors (Lipinski definition) is 2. The first-order chi connectivity index (χ1) is 10.1. The van der Waals surface area contributed by atoms with Crippen LogP contribution >= 0.6 is 18.6 Å². The summed E-state index contributed by atoms with van der Waals surface area (Å²) in [6, 6.07) is 7.93. The summed E-state index contributed by atoms with van der Waals surface area (Å²) >= 11 is 0. The summed E-state index contributed by atoms with van der Waals surface area (Å²) in [5, 5.41) is 11.0. The molecule has 1 aromatic carbocycles. The number of aliphatic hydroxyl groups excluding tert-OH is 1. The summed E-state index contributed by atoms with van der Waals surface area (Å²) in [7, 11) is 8.63. The summed E-state index contributed by atoms with van der Waals surface area (Å²) in [5.41, 5.74) is 1.61. The van der Waals surface area contributed by atoms with Crippen LogP contribution < -0.4 is 3.80 Å². The van der Waals surface area contributed by atoms with Gasteiger partial charge in [0, 0.05) is 0 Å². The molecule has 0 fully saturated rings. The molecule has 2 rings (SSSR count). The summed E-state index contributed by atoms with van der Waals surface area (Å²) in [5.74, 6) is 0. The Kier molecular flexibility index (Phi) is 3.86. The van der Waals surface area contributed by atoms with Gasteiger partial charge in [0.05, 0.1) is 0 Å². The zero-order chi connectivity index (χ0) is 17.7. The molecule has 2 N–H and O–H groups in total. The monoisotopic (exact) mass is 395 g/mol. The van der Waals surface area contributed by atoms with Crippen LogP contribution in [0, 0.1) is 0 Å². The number of aliphatic hydroxyl groups is 1. The van der Waals surface area contributed by atoms with Gasteiger partial charge in [0.25, 0.3) is 0 Å². The van der Waals surface area contributed by atoms with Gasteiger partial charge in [-0.1, -0.05) is 0 Å². The van der Waals surface area contributed by atoms with Crippen molar-refractivity contribution in [3.05, 3.63) is 41.5 Å². The Balaban J connectivity index is 2.76. The first-order valence-electron chi connectivity index (χ1n) is 7.90. The topological polar surface area (TPSA) is 41.5 Å². The minimum absolute atomic E-state index is 0.0125. The van der Waals surface area contributed by atoms with Gasteiger partial charge >= 0.3 is 143 Å². The third-order valence-electron chi connectivity index (χ3n) is 4.36. The molecule has 0 bridgehead atoms. The number of halogens is 2. The molecule has 6 heteroatoms. The number of hydrogen-bond acceptors (Lipinski definition) is 3. The van der Waals surface area contributed by atoms with Crippen LogP contribution in [0.3, 0.4) is 0 Å². The van der Waals surface area contributed by atoms with Crippen molar-refractivity contribution in [1.82, 2.24) is 3.80 Å². The van der Waals surface area contributed by atoms with Gasteiger partial charge < -0.3 is 0 Å². The van der Waals surface area contributed by atoms with E-state index in [4.69, 9.17) is 21.9 Å². The average molecular weight is 396 g/mol. The van der Waals surface area contributed by atoms with Crippen LogP contribution in [0.5, 0.6) is 0 Å². The molecule has 0 spiro atoms. The number of rotatable bonds is 5. The molecule has 1 aromatic rings. The molecule has 1 unspecified atom stereocenters. The van der Waals surface area contributed by atoms with Crippen molar-refractivity contribution in [2.24, 2.45) is 0 Å². The standard InChI is InChI=1S/C9H7.C4H10N.C2H5O2.CH3.CH2.2ClH.Ti/c1-2-5-9-7-3-6-8(9)4-1;1-4(2,3)5;3-1-2-4;;;;;/h1-7H;5H,1-3H3;3H,1-2H2;1H3;1H2;2*1H;/q;2*-1;;;;;+4/p-2. The summed E-state index contributed by atoms with van der Waals surface area (Å²) in [6.45, 7) is 5.75. The second kappa shape index (κ2) is 4.59. The van der Waals surface area contributed by atoms with Crippen molar-refractivity contribution in [1.29, 1.82) is 0 Å². The van der Waals surface area contributed by atoms with E-state index >= 15 is 0 Å². The van der Waals surface area contributed by atoms with Crippen molar-refractivity contribution in [2.45, 2.75) is 35.8 Å². The minimum atomic E-state index is -6.05. The molecule has 0 saturated heterocycles. The van der Waals surface area contributed by atoms with Crippen LogP contribution in [0.1, 0.15) is 36.1 Å². The first kappa shape index (κ1) is 19.3. The van der Waals surface area contributed by atoms with Gasteiger partial charge in [0.15, 0.2) is 0 Å². The molecule has 23 heavy (non-hydrogen) atoms.